The summed E-state index contributed by atoms with van der Waals surface area (Å²) in [6.07, 6.45) is 0. The van der Waals surface area contributed by atoms with Gasteiger partial charge in [0.1, 0.15) is 0 Å². The summed E-state index contributed by atoms with van der Waals surface area (Å²) in [6, 6.07) is 0. The number of rotatable bonds is 0. The zero-order chi connectivity index (χ0) is 0. The Kier molecular flexibility index (Phi) is 103. The first-order valence-electron chi connectivity index (χ1n) is 0. The molecular formula is CaMgZnZr. The Morgan fingerprint density at radius 3 is 1.00 bits per heavy atom. The molecule has 0 spiro atoms. The minimum absolute atomic E-state index is 0. The van der Waals surface area contributed by atoms with Crippen LogP contribution in [0.25, 0.3) is 0 Å². The third-order valence-corrected chi connectivity index (χ3v) is 0. The second-order valence-corrected chi connectivity index (χ2v) is 0. The molecule has 0 aromatic heterocycles. The molecule has 0 aromatic carbocycles. The van der Waals surface area contributed by atoms with Crippen molar-refractivity contribution in [1.29, 1.82) is 0 Å². The van der Waals surface area contributed by atoms with E-state index >= 15 is 0 Å². The molecule has 4 heavy (non-hydrogen) atoms. The van der Waals surface area contributed by atoms with Gasteiger partial charge in [0, 0.05) is 106 Å². The predicted molar refractivity (Wildman–Crippen MR) is 11.5 cm³/mol. The van der Waals surface area contributed by atoms with E-state index in [1.807, 2.05) is 0 Å². The molecule has 0 nitrogen and oxygen atoms in total. The van der Waals surface area contributed by atoms with E-state index in [2.05, 4.69) is 0 Å². The maximum Gasteiger partial charge on any atom is 0 e. The van der Waals surface area contributed by atoms with Gasteiger partial charge < -0.3 is 0 Å². The molecule has 0 N–H and O–H groups in total. The third-order valence-electron chi connectivity index (χ3n) is 0. The maximum absolute atomic E-state index is 0. The van der Waals surface area contributed by atoms with Crippen LogP contribution in [0, 0.1) is 0 Å². The first-order valence-corrected chi connectivity index (χ1v) is 0. The molecule has 0 aliphatic rings. The van der Waals surface area contributed by atoms with E-state index in [0.717, 1.165) is 0 Å². The van der Waals surface area contributed by atoms with Crippen molar-refractivity contribution >= 4 is 60.8 Å². The summed E-state index contributed by atoms with van der Waals surface area (Å²) in [5.74, 6) is 0. The fourth-order valence-electron chi connectivity index (χ4n) is 0. The Morgan fingerprint density at radius 1 is 1.00 bits per heavy atom. The Balaban J connectivity index is 0. The molecule has 0 unspecified atom stereocenters. The average Bonchev–Trinajstić information content (AvgIpc) is 0. The van der Waals surface area contributed by atoms with E-state index in [0.29, 0.717) is 0 Å². The van der Waals surface area contributed by atoms with Crippen LogP contribution < -0.4 is 0 Å². The van der Waals surface area contributed by atoms with Gasteiger partial charge in [-0.3, -0.25) is 0 Å². The topological polar surface area (TPSA) is 0 Å². The smallest absolute Gasteiger partial charge is 0 e. The third kappa shape index (κ3) is 9.11. The van der Waals surface area contributed by atoms with Crippen LogP contribution in [0.4, 0.5) is 0 Å². The van der Waals surface area contributed by atoms with E-state index < -0.39 is 0 Å². The molecule has 0 atom stereocenters. The van der Waals surface area contributed by atoms with Gasteiger partial charge in [-0.25, -0.2) is 0 Å². The SMILES string of the molecule is [Ca].[Mg].[Zn].[Zr]. The number of hydrogen-bond donors (Lipinski definition) is 0. The molecule has 10 valence electrons. The van der Waals surface area contributed by atoms with Crippen molar-refractivity contribution in [2.75, 3.05) is 0 Å². The van der Waals surface area contributed by atoms with E-state index in [-0.39, 0.29) is 106 Å². The monoisotopic (exact) mass is 218 g/mol. The second kappa shape index (κ2) is 16.0. The molecule has 0 amide bonds. The van der Waals surface area contributed by atoms with E-state index in [9.17, 15) is 0 Å². The van der Waals surface area contributed by atoms with Crippen LogP contribution in [0.5, 0.6) is 0 Å². The molecule has 0 rings (SSSR count). The number of hydrogen-bond acceptors (Lipinski definition) is 0. The van der Waals surface area contributed by atoms with Gasteiger partial charge >= 0.3 is 0 Å². The van der Waals surface area contributed by atoms with Crippen LogP contribution in [0.15, 0.2) is 0 Å². The first-order chi connectivity index (χ1) is 0. The van der Waals surface area contributed by atoms with Crippen molar-refractivity contribution in [3.05, 3.63) is 0 Å². The molecule has 0 aliphatic carbocycles. The van der Waals surface area contributed by atoms with Crippen LogP contribution in [0.2, 0.25) is 0 Å². The van der Waals surface area contributed by atoms with Crippen molar-refractivity contribution in [2.45, 2.75) is 0 Å². The molecule has 0 heterocycles. The Labute approximate surface area is 104 Å². The second-order valence-electron chi connectivity index (χ2n) is 0. The quantitative estimate of drug-likeness (QED) is 0.471. The normalized spacial score (nSPS) is 0. The molecule has 4 heteroatoms. The molecule has 0 fully saturated rings. The summed E-state index contributed by atoms with van der Waals surface area (Å²) in [5, 5.41) is 0. The van der Waals surface area contributed by atoms with E-state index in [1.165, 1.54) is 0 Å². The molecule has 0 aromatic rings. The van der Waals surface area contributed by atoms with Crippen molar-refractivity contribution in [3.63, 3.8) is 0 Å². The Morgan fingerprint density at radius 2 is 1.00 bits per heavy atom. The Hall–Kier alpha value is 3.53. The minimum atomic E-state index is 0. The van der Waals surface area contributed by atoms with E-state index in [4.69, 9.17) is 0 Å². The van der Waals surface area contributed by atoms with Gasteiger partial charge in [-0.05, 0) is 0 Å². The van der Waals surface area contributed by atoms with Crippen molar-refractivity contribution in [2.24, 2.45) is 0 Å². The summed E-state index contributed by atoms with van der Waals surface area (Å²) in [7, 11) is 0. The van der Waals surface area contributed by atoms with Gasteiger partial charge in [-0.15, -0.1) is 0 Å². The van der Waals surface area contributed by atoms with Crippen LogP contribution in [-0.4, -0.2) is 60.8 Å². The van der Waals surface area contributed by atoms with Crippen LogP contribution >= 0.6 is 0 Å². The predicted octanol–water partition coefficient (Wildman–Crippen LogP) is -0.767. The summed E-state index contributed by atoms with van der Waals surface area (Å²) in [5.41, 5.74) is 0. The van der Waals surface area contributed by atoms with Gasteiger partial charge in [0.2, 0.25) is 0 Å². The standard InChI is InChI=1S/Ca.Mg.Zn.Zr. The molecule has 0 saturated carbocycles. The minimum Gasteiger partial charge on any atom is 0 e. The van der Waals surface area contributed by atoms with Crippen molar-refractivity contribution in [1.82, 2.24) is 0 Å². The Bertz CT molecular complexity index is 8.00. The van der Waals surface area contributed by atoms with Gasteiger partial charge in [-0.1, -0.05) is 0 Å². The van der Waals surface area contributed by atoms with Gasteiger partial charge in [0.05, 0.1) is 0 Å². The van der Waals surface area contributed by atoms with Crippen molar-refractivity contribution < 1.29 is 45.7 Å². The average molecular weight is 221 g/mol. The van der Waals surface area contributed by atoms with E-state index in [1.54, 1.807) is 0 Å². The summed E-state index contributed by atoms with van der Waals surface area (Å²) < 4.78 is 0. The van der Waals surface area contributed by atoms with Crippen LogP contribution in [0.1, 0.15) is 0 Å². The van der Waals surface area contributed by atoms with Crippen LogP contribution in [-0.2, 0) is 45.7 Å². The van der Waals surface area contributed by atoms with Gasteiger partial charge in [-0.2, -0.15) is 0 Å². The fourth-order valence-corrected chi connectivity index (χ4v) is 0. The molecular weight excluding hydrogens is 221 g/mol. The first kappa shape index (κ1) is 25.8. The maximum atomic E-state index is 0. The molecule has 0 aliphatic heterocycles. The van der Waals surface area contributed by atoms with Gasteiger partial charge in [0.25, 0.3) is 0 Å². The largest absolute Gasteiger partial charge is 0 e. The fraction of sp³-hybridized carbons (Fsp3) is 0. The molecule has 4 radical (unpaired) electrons. The zero-order valence-corrected chi connectivity index (χ0v) is 11.7. The van der Waals surface area contributed by atoms with Crippen LogP contribution in [0.3, 0.4) is 0 Å². The molecule has 0 bridgehead atoms. The summed E-state index contributed by atoms with van der Waals surface area (Å²) in [6.45, 7) is 0. The molecule has 0 saturated heterocycles. The zero-order valence-electron chi connectivity index (χ0n) is 2.62. The van der Waals surface area contributed by atoms with Gasteiger partial charge in [0.15, 0.2) is 0 Å². The summed E-state index contributed by atoms with van der Waals surface area (Å²) >= 11 is 0. The van der Waals surface area contributed by atoms with Crippen molar-refractivity contribution in [3.8, 4) is 0 Å². The summed E-state index contributed by atoms with van der Waals surface area (Å²) in [4.78, 5) is 0.